The number of carbonyl (C=O) groups is 1. The topological polar surface area (TPSA) is 69.7 Å². The van der Waals surface area contributed by atoms with E-state index in [0.29, 0.717) is 37.0 Å². The van der Waals surface area contributed by atoms with Crippen LogP contribution in [-0.4, -0.2) is 55.9 Å². The summed E-state index contributed by atoms with van der Waals surface area (Å²) < 4.78 is 26.7. The summed E-state index contributed by atoms with van der Waals surface area (Å²) in [4.78, 5) is 14.5. The van der Waals surface area contributed by atoms with Crippen molar-refractivity contribution in [3.63, 3.8) is 0 Å². The first-order valence-corrected chi connectivity index (χ1v) is 10.5. The summed E-state index contributed by atoms with van der Waals surface area (Å²) in [6, 6.07) is 8.65. The molecule has 0 bridgehead atoms. The summed E-state index contributed by atoms with van der Waals surface area (Å²) in [6.45, 7) is 3.72. The van der Waals surface area contributed by atoms with Crippen LogP contribution in [0.15, 0.2) is 35.2 Å². The molecule has 1 aromatic rings. The minimum atomic E-state index is -3.47. The van der Waals surface area contributed by atoms with E-state index in [2.05, 4.69) is 12.2 Å². The van der Waals surface area contributed by atoms with Gasteiger partial charge in [-0.1, -0.05) is 38.0 Å². The molecule has 2 unspecified atom stereocenters. The highest BCUT2D eigenvalue weighted by Gasteiger charge is 2.31. The number of nitrogens with zero attached hydrogens (tertiary/aromatic N) is 2. The summed E-state index contributed by atoms with van der Waals surface area (Å²) in [5, 5.41) is 3.14. The molecule has 0 spiro atoms. The minimum absolute atomic E-state index is 0.0597. The Morgan fingerprint density at radius 1 is 1.04 bits per heavy atom. The monoisotopic (exact) mass is 365 g/mol. The van der Waals surface area contributed by atoms with Crippen LogP contribution in [0.5, 0.6) is 0 Å². The highest BCUT2D eigenvalue weighted by Crippen LogP contribution is 2.24. The second-order valence-electron chi connectivity index (χ2n) is 7.02. The Bertz CT molecular complexity index is 685. The number of rotatable bonds is 3. The van der Waals surface area contributed by atoms with Crippen LogP contribution >= 0.6 is 0 Å². The fourth-order valence-electron chi connectivity index (χ4n) is 3.65. The molecular formula is C18H27N3O3S. The largest absolute Gasteiger partial charge is 0.335 e. The van der Waals surface area contributed by atoms with Gasteiger partial charge in [0, 0.05) is 32.2 Å². The number of benzene rings is 1. The molecule has 3 rings (SSSR count). The van der Waals surface area contributed by atoms with Gasteiger partial charge in [-0.2, -0.15) is 4.31 Å². The van der Waals surface area contributed by atoms with Crippen LogP contribution < -0.4 is 5.32 Å². The predicted octanol–water partition coefficient (Wildman–Crippen LogP) is 2.28. The second-order valence-corrected chi connectivity index (χ2v) is 8.96. The van der Waals surface area contributed by atoms with Gasteiger partial charge in [-0.05, 0) is 30.9 Å². The molecule has 2 aliphatic rings. The quantitative estimate of drug-likeness (QED) is 0.893. The van der Waals surface area contributed by atoms with Crippen molar-refractivity contribution in [2.45, 2.75) is 43.5 Å². The predicted molar refractivity (Wildman–Crippen MR) is 96.7 cm³/mol. The second kappa shape index (κ2) is 7.74. The van der Waals surface area contributed by atoms with Gasteiger partial charge in [-0.15, -0.1) is 0 Å². The average molecular weight is 365 g/mol. The van der Waals surface area contributed by atoms with E-state index in [9.17, 15) is 13.2 Å². The fourth-order valence-corrected chi connectivity index (χ4v) is 5.10. The molecule has 1 saturated carbocycles. The Morgan fingerprint density at radius 2 is 1.68 bits per heavy atom. The van der Waals surface area contributed by atoms with Gasteiger partial charge in [0.1, 0.15) is 0 Å². The normalized spacial score (nSPS) is 25.6. The Labute approximate surface area is 150 Å². The molecule has 2 atom stereocenters. The molecule has 6 nitrogen and oxygen atoms in total. The van der Waals surface area contributed by atoms with Crippen LogP contribution in [-0.2, 0) is 10.0 Å². The highest BCUT2D eigenvalue weighted by molar-refractivity contribution is 7.89. The molecule has 138 valence electrons. The molecule has 1 aliphatic heterocycles. The summed E-state index contributed by atoms with van der Waals surface area (Å²) in [5.74, 6) is 0.512. The van der Waals surface area contributed by atoms with Crippen molar-refractivity contribution >= 4 is 16.1 Å². The van der Waals surface area contributed by atoms with Crippen molar-refractivity contribution in [3.8, 4) is 0 Å². The first kappa shape index (κ1) is 18.2. The van der Waals surface area contributed by atoms with Gasteiger partial charge in [0.2, 0.25) is 10.0 Å². The van der Waals surface area contributed by atoms with E-state index in [-0.39, 0.29) is 12.1 Å². The smallest absolute Gasteiger partial charge is 0.317 e. The molecule has 0 aromatic heterocycles. The molecule has 1 heterocycles. The molecule has 2 fully saturated rings. The third-order valence-corrected chi connectivity index (χ3v) is 7.24. The van der Waals surface area contributed by atoms with Gasteiger partial charge in [-0.25, -0.2) is 13.2 Å². The number of sulfonamides is 1. The van der Waals surface area contributed by atoms with Gasteiger partial charge < -0.3 is 10.2 Å². The minimum Gasteiger partial charge on any atom is -0.335 e. The standard InChI is InChI=1S/C18H27N3O3S/c1-15-7-5-6-10-17(15)19-18(22)20-11-13-21(14-12-20)25(23,24)16-8-3-2-4-9-16/h2-4,8-9,15,17H,5-7,10-14H2,1H3,(H,19,22). The van der Waals surface area contributed by atoms with Crippen molar-refractivity contribution in [2.24, 2.45) is 5.92 Å². The number of urea groups is 1. The molecule has 1 N–H and O–H groups in total. The van der Waals surface area contributed by atoms with E-state index in [1.54, 1.807) is 35.2 Å². The maximum absolute atomic E-state index is 12.6. The third kappa shape index (κ3) is 4.15. The first-order valence-electron chi connectivity index (χ1n) is 9.09. The number of carbonyl (C=O) groups excluding carboxylic acids is 1. The Kier molecular flexibility index (Phi) is 5.64. The zero-order chi connectivity index (χ0) is 17.9. The Balaban J connectivity index is 1.55. The summed E-state index contributed by atoms with van der Waals surface area (Å²) in [7, 11) is -3.47. The first-order chi connectivity index (χ1) is 12.0. The average Bonchev–Trinajstić information content (AvgIpc) is 2.64. The lowest BCUT2D eigenvalue weighted by atomic mass is 9.86. The maximum atomic E-state index is 12.6. The molecule has 1 aromatic carbocycles. The molecular weight excluding hydrogens is 338 g/mol. The van der Waals surface area contributed by atoms with E-state index in [1.165, 1.54) is 17.1 Å². The summed E-state index contributed by atoms with van der Waals surface area (Å²) >= 11 is 0. The van der Waals surface area contributed by atoms with Crippen molar-refractivity contribution in [2.75, 3.05) is 26.2 Å². The molecule has 1 aliphatic carbocycles. The van der Waals surface area contributed by atoms with Crippen LogP contribution in [0.1, 0.15) is 32.6 Å². The molecule has 1 saturated heterocycles. The SMILES string of the molecule is CC1CCCCC1NC(=O)N1CCN(S(=O)(=O)c2ccccc2)CC1. The number of nitrogens with one attached hydrogen (secondary N) is 1. The van der Waals surface area contributed by atoms with Crippen LogP contribution in [0.25, 0.3) is 0 Å². The van der Waals surface area contributed by atoms with Gasteiger partial charge in [0.15, 0.2) is 0 Å². The Morgan fingerprint density at radius 3 is 2.32 bits per heavy atom. The van der Waals surface area contributed by atoms with E-state index in [0.717, 1.165) is 12.8 Å². The number of hydrogen-bond donors (Lipinski definition) is 1. The summed E-state index contributed by atoms with van der Waals surface area (Å²) in [5.41, 5.74) is 0. The Hall–Kier alpha value is -1.60. The van der Waals surface area contributed by atoms with Crippen LogP contribution in [0.2, 0.25) is 0 Å². The van der Waals surface area contributed by atoms with Gasteiger partial charge in [0.05, 0.1) is 4.90 Å². The van der Waals surface area contributed by atoms with E-state index < -0.39 is 10.0 Å². The lowest BCUT2D eigenvalue weighted by Crippen LogP contribution is -2.55. The van der Waals surface area contributed by atoms with E-state index in [4.69, 9.17) is 0 Å². The molecule has 25 heavy (non-hydrogen) atoms. The van der Waals surface area contributed by atoms with E-state index in [1.807, 2.05) is 0 Å². The third-order valence-electron chi connectivity index (χ3n) is 5.33. The van der Waals surface area contributed by atoms with Crippen LogP contribution in [0, 0.1) is 5.92 Å². The van der Waals surface area contributed by atoms with Crippen molar-refractivity contribution < 1.29 is 13.2 Å². The maximum Gasteiger partial charge on any atom is 0.317 e. The van der Waals surface area contributed by atoms with Crippen LogP contribution in [0.4, 0.5) is 4.79 Å². The van der Waals surface area contributed by atoms with Crippen molar-refractivity contribution in [1.82, 2.24) is 14.5 Å². The molecule has 2 amide bonds. The summed E-state index contributed by atoms with van der Waals surface area (Å²) in [6.07, 6.45) is 4.60. The highest BCUT2D eigenvalue weighted by atomic mass is 32.2. The van der Waals surface area contributed by atoms with Gasteiger partial charge >= 0.3 is 6.03 Å². The van der Waals surface area contributed by atoms with Gasteiger partial charge in [0.25, 0.3) is 0 Å². The zero-order valence-electron chi connectivity index (χ0n) is 14.7. The van der Waals surface area contributed by atoms with Crippen molar-refractivity contribution in [1.29, 1.82) is 0 Å². The molecule has 7 heteroatoms. The molecule has 0 radical (unpaired) electrons. The lowest BCUT2D eigenvalue weighted by molar-refractivity contribution is 0.161. The van der Waals surface area contributed by atoms with Crippen LogP contribution in [0.3, 0.4) is 0 Å². The van der Waals surface area contributed by atoms with Crippen molar-refractivity contribution in [3.05, 3.63) is 30.3 Å². The van der Waals surface area contributed by atoms with E-state index >= 15 is 0 Å². The number of hydrogen-bond acceptors (Lipinski definition) is 3. The number of amides is 2. The number of piperazine rings is 1. The zero-order valence-corrected chi connectivity index (χ0v) is 15.5. The fraction of sp³-hybridized carbons (Fsp3) is 0.611. The van der Waals surface area contributed by atoms with Gasteiger partial charge in [-0.3, -0.25) is 0 Å². The lowest BCUT2D eigenvalue weighted by Gasteiger charge is -2.36.